The van der Waals surface area contributed by atoms with Crippen LogP contribution in [0.25, 0.3) is 11.5 Å². The number of benzene rings is 2. The molecule has 3 aromatic rings. The Morgan fingerprint density at radius 3 is 2.21 bits per heavy atom. The van der Waals surface area contributed by atoms with E-state index in [1.54, 1.807) is 4.90 Å². The number of hydrogen-bond acceptors (Lipinski definition) is 7. The highest BCUT2D eigenvalue weighted by molar-refractivity contribution is 5.96. The van der Waals surface area contributed by atoms with Crippen LogP contribution in [0.5, 0.6) is 17.2 Å². The fraction of sp³-hybridized carbons (Fsp3) is 0.423. The quantitative estimate of drug-likeness (QED) is 0.416. The van der Waals surface area contributed by atoms with Gasteiger partial charge in [0.1, 0.15) is 0 Å². The third-order valence-corrected chi connectivity index (χ3v) is 5.74. The molecule has 0 N–H and O–H groups in total. The minimum absolute atomic E-state index is 0.0546. The van der Waals surface area contributed by atoms with E-state index in [1.807, 2.05) is 45.0 Å². The second-order valence-electron chi connectivity index (χ2n) is 7.98. The molecule has 0 radical (unpaired) electrons. The zero-order chi connectivity index (χ0) is 24.1. The predicted molar refractivity (Wildman–Crippen MR) is 129 cm³/mol. The molecular formula is C26H31N3O5. The summed E-state index contributed by atoms with van der Waals surface area (Å²) in [4.78, 5) is 19.1. The van der Waals surface area contributed by atoms with Crippen molar-refractivity contribution in [2.24, 2.45) is 0 Å². The van der Waals surface area contributed by atoms with Crippen molar-refractivity contribution in [3.63, 3.8) is 0 Å². The number of carbonyl (C=O) groups is 1. The summed E-state index contributed by atoms with van der Waals surface area (Å²) in [7, 11) is 0. The van der Waals surface area contributed by atoms with Gasteiger partial charge in [-0.2, -0.15) is 4.98 Å². The van der Waals surface area contributed by atoms with Crippen molar-refractivity contribution >= 4 is 11.6 Å². The molecule has 1 fully saturated rings. The Hall–Kier alpha value is -3.55. The molecular weight excluding hydrogens is 434 g/mol. The third kappa shape index (κ3) is 4.85. The molecule has 8 heteroatoms. The molecule has 34 heavy (non-hydrogen) atoms. The Morgan fingerprint density at radius 1 is 0.971 bits per heavy atom. The molecule has 1 saturated heterocycles. The van der Waals surface area contributed by atoms with Gasteiger partial charge in [0.25, 0.3) is 5.89 Å². The van der Waals surface area contributed by atoms with Gasteiger partial charge in [0.15, 0.2) is 17.3 Å². The maximum Gasteiger partial charge on any atom is 0.258 e. The minimum atomic E-state index is -0.142. The highest BCUT2D eigenvalue weighted by Crippen LogP contribution is 2.42. The van der Waals surface area contributed by atoms with Crippen molar-refractivity contribution in [3.05, 3.63) is 47.8 Å². The molecule has 0 aliphatic carbocycles. The van der Waals surface area contributed by atoms with E-state index in [0.717, 1.165) is 12.1 Å². The van der Waals surface area contributed by atoms with Gasteiger partial charge in [-0.1, -0.05) is 24.2 Å². The molecule has 4 rings (SSSR count). The molecule has 1 atom stereocenters. The largest absolute Gasteiger partial charge is 0.490 e. The van der Waals surface area contributed by atoms with Crippen molar-refractivity contribution in [1.82, 2.24) is 10.1 Å². The number of rotatable bonds is 10. The summed E-state index contributed by atoms with van der Waals surface area (Å²) in [5.74, 6) is 2.44. The van der Waals surface area contributed by atoms with Crippen molar-refractivity contribution in [3.8, 4) is 28.7 Å². The van der Waals surface area contributed by atoms with Gasteiger partial charge in [-0.3, -0.25) is 4.79 Å². The second kappa shape index (κ2) is 10.6. The molecule has 0 bridgehead atoms. The molecule has 1 aliphatic rings. The van der Waals surface area contributed by atoms with Crippen LogP contribution in [0, 0.1) is 0 Å². The summed E-state index contributed by atoms with van der Waals surface area (Å²) in [6.45, 7) is 9.79. The number of amides is 1. The van der Waals surface area contributed by atoms with E-state index in [9.17, 15) is 4.79 Å². The van der Waals surface area contributed by atoms with Crippen LogP contribution in [0.3, 0.4) is 0 Å². The van der Waals surface area contributed by atoms with Gasteiger partial charge in [-0.25, -0.2) is 0 Å². The van der Waals surface area contributed by atoms with Crippen molar-refractivity contribution < 1.29 is 23.5 Å². The normalized spacial score (nSPS) is 15.6. The lowest BCUT2D eigenvalue weighted by atomic mass is 10.1. The first-order chi connectivity index (χ1) is 16.6. The van der Waals surface area contributed by atoms with Crippen LogP contribution in [-0.2, 0) is 11.2 Å². The van der Waals surface area contributed by atoms with Gasteiger partial charge in [-0.15, -0.1) is 0 Å². The Balaban J connectivity index is 1.58. The third-order valence-electron chi connectivity index (χ3n) is 5.74. The highest BCUT2D eigenvalue weighted by atomic mass is 16.5. The zero-order valence-electron chi connectivity index (χ0n) is 20.2. The number of aryl methyl sites for hydroxylation is 1. The number of hydrogen-bond donors (Lipinski definition) is 0. The van der Waals surface area contributed by atoms with Crippen LogP contribution in [0.15, 0.2) is 40.9 Å². The zero-order valence-corrected chi connectivity index (χ0v) is 20.2. The van der Waals surface area contributed by atoms with E-state index in [1.165, 1.54) is 5.56 Å². The first kappa shape index (κ1) is 23.6. The van der Waals surface area contributed by atoms with E-state index in [4.69, 9.17) is 18.7 Å². The number of ether oxygens (including phenoxy) is 3. The van der Waals surface area contributed by atoms with Crippen molar-refractivity contribution in [2.45, 2.75) is 46.5 Å². The molecule has 2 aromatic carbocycles. The van der Waals surface area contributed by atoms with Crippen LogP contribution >= 0.6 is 0 Å². The van der Waals surface area contributed by atoms with E-state index in [0.29, 0.717) is 67.3 Å². The predicted octanol–water partition coefficient (Wildman–Crippen LogP) is 5.02. The maximum absolute atomic E-state index is 12.7. The topological polar surface area (TPSA) is 86.9 Å². The standard InChI is InChI=1S/C26H31N3O5/c1-5-17-9-11-20(12-10-17)29-16-19(15-23(29)30)25-27-26(34-28-25)18-13-21(31-6-2)24(33-8-4)22(14-18)32-7-3/h9-14,19H,5-8,15-16H2,1-4H3. The maximum atomic E-state index is 12.7. The van der Waals surface area contributed by atoms with Crippen LogP contribution in [0.4, 0.5) is 5.69 Å². The second-order valence-corrected chi connectivity index (χ2v) is 7.98. The Kier molecular flexibility index (Phi) is 7.35. The van der Waals surface area contributed by atoms with Crippen molar-refractivity contribution in [1.29, 1.82) is 0 Å². The number of aromatic nitrogens is 2. The number of carbonyl (C=O) groups excluding carboxylic acids is 1. The first-order valence-corrected chi connectivity index (χ1v) is 11.9. The SMILES string of the molecule is CCOc1cc(-c2nc(C3CC(=O)N(c4ccc(CC)cc4)C3)no2)cc(OCC)c1OCC. The van der Waals surface area contributed by atoms with Gasteiger partial charge in [0.2, 0.25) is 11.7 Å². The van der Waals surface area contributed by atoms with Crippen LogP contribution in [0.2, 0.25) is 0 Å². The summed E-state index contributed by atoms with van der Waals surface area (Å²) < 4.78 is 22.9. The van der Waals surface area contributed by atoms with Gasteiger partial charge < -0.3 is 23.6 Å². The lowest BCUT2D eigenvalue weighted by Crippen LogP contribution is -2.24. The van der Waals surface area contributed by atoms with Gasteiger partial charge in [0, 0.05) is 30.1 Å². The molecule has 180 valence electrons. The summed E-state index contributed by atoms with van der Waals surface area (Å²) in [5.41, 5.74) is 2.80. The monoisotopic (exact) mass is 465 g/mol. The molecule has 0 saturated carbocycles. The van der Waals surface area contributed by atoms with Gasteiger partial charge >= 0.3 is 0 Å². The van der Waals surface area contributed by atoms with Crippen molar-refractivity contribution in [2.75, 3.05) is 31.3 Å². The molecule has 2 heterocycles. The fourth-order valence-corrected chi connectivity index (χ4v) is 4.07. The van der Waals surface area contributed by atoms with Gasteiger partial charge in [0.05, 0.1) is 19.8 Å². The Bertz CT molecular complexity index is 1100. The average molecular weight is 466 g/mol. The molecule has 1 aliphatic heterocycles. The van der Waals surface area contributed by atoms with Gasteiger partial charge in [-0.05, 0) is 57.0 Å². The van der Waals surface area contributed by atoms with Crippen LogP contribution in [-0.4, -0.2) is 42.4 Å². The first-order valence-electron chi connectivity index (χ1n) is 11.9. The van der Waals surface area contributed by atoms with E-state index in [-0.39, 0.29) is 11.8 Å². The van der Waals surface area contributed by atoms with E-state index >= 15 is 0 Å². The Morgan fingerprint density at radius 2 is 1.62 bits per heavy atom. The Labute approximate surface area is 199 Å². The molecule has 1 unspecified atom stereocenters. The number of nitrogens with zero attached hydrogens (tertiary/aromatic N) is 3. The summed E-state index contributed by atoms with van der Waals surface area (Å²) >= 11 is 0. The molecule has 8 nitrogen and oxygen atoms in total. The van der Waals surface area contributed by atoms with E-state index in [2.05, 4.69) is 29.2 Å². The smallest absolute Gasteiger partial charge is 0.258 e. The lowest BCUT2D eigenvalue weighted by molar-refractivity contribution is -0.117. The lowest BCUT2D eigenvalue weighted by Gasteiger charge is -2.16. The highest BCUT2D eigenvalue weighted by Gasteiger charge is 2.34. The molecule has 0 spiro atoms. The summed E-state index contributed by atoms with van der Waals surface area (Å²) in [6, 6.07) is 11.7. The molecule has 1 amide bonds. The van der Waals surface area contributed by atoms with Crippen LogP contribution in [0.1, 0.15) is 51.4 Å². The van der Waals surface area contributed by atoms with E-state index < -0.39 is 0 Å². The summed E-state index contributed by atoms with van der Waals surface area (Å²) in [6.07, 6.45) is 1.30. The minimum Gasteiger partial charge on any atom is -0.490 e. The average Bonchev–Trinajstić information content (AvgIpc) is 3.48. The number of anilines is 1. The fourth-order valence-electron chi connectivity index (χ4n) is 4.07. The van der Waals surface area contributed by atoms with Crippen LogP contribution < -0.4 is 19.1 Å². The summed E-state index contributed by atoms with van der Waals surface area (Å²) in [5, 5.41) is 4.20. The molecule has 1 aromatic heterocycles.